The second-order valence-corrected chi connectivity index (χ2v) is 8.10. The Kier molecular flexibility index (Phi) is 9.62. The fourth-order valence-electron chi connectivity index (χ4n) is 3.07. The number of methoxy groups -OCH3 is 1. The lowest BCUT2D eigenvalue weighted by atomic mass is 9.78. The molecule has 2 rings (SSSR count). The first-order chi connectivity index (χ1) is 14.8. The van der Waals surface area contributed by atoms with Gasteiger partial charge in [0.1, 0.15) is 30.8 Å². The molecule has 0 amide bonds. The lowest BCUT2D eigenvalue weighted by Crippen LogP contribution is -2.28. The van der Waals surface area contributed by atoms with E-state index in [1.165, 1.54) is 6.92 Å². The smallest absolute Gasteiger partial charge is 0.303 e. The minimum Gasteiger partial charge on any atom is -0.491 e. The van der Waals surface area contributed by atoms with Gasteiger partial charge < -0.3 is 24.1 Å². The average Bonchev–Trinajstić information content (AvgIpc) is 2.76. The van der Waals surface area contributed by atoms with Crippen LogP contribution in [0.25, 0.3) is 0 Å². The zero-order valence-corrected chi connectivity index (χ0v) is 19.2. The molecule has 170 valence electrons. The van der Waals surface area contributed by atoms with Crippen LogP contribution in [-0.2, 0) is 19.7 Å². The van der Waals surface area contributed by atoms with Crippen molar-refractivity contribution in [2.24, 2.45) is 0 Å². The summed E-state index contributed by atoms with van der Waals surface area (Å²) in [5.41, 5.74) is 2.02. The van der Waals surface area contributed by atoms with Crippen molar-refractivity contribution in [3.8, 4) is 11.5 Å². The van der Waals surface area contributed by atoms with Gasteiger partial charge in [0.2, 0.25) is 0 Å². The minimum absolute atomic E-state index is 0.140. The van der Waals surface area contributed by atoms with Crippen LogP contribution in [0.15, 0.2) is 48.5 Å². The van der Waals surface area contributed by atoms with Crippen molar-refractivity contribution in [1.29, 1.82) is 0 Å². The molecule has 0 aliphatic rings. The van der Waals surface area contributed by atoms with Gasteiger partial charge in [0.15, 0.2) is 6.10 Å². The number of hydrogen-bond donors (Lipinski definition) is 1. The summed E-state index contributed by atoms with van der Waals surface area (Å²) in [5.74, 6) is 1.15. The minimum atomic E-state index is -0.683. The lowest BCUT2D eigenvalue weighted by Gasteiger charge is -2.26. The quantitative estimate of drug-likeness (QED) is 0.390. The third kappa shape index (κ3) is 7.73. The van der Waals surface area contributed by atoms with Gasteiger partial charge in [0.05, 0.1) is 12.5 Å². The van der Waals surface area contributed by atoms with E-state index >= 15 is 0 Å². The van der Waals surface area contributed by atoms with Crippen LogP contribution < -0.4 is 9.47 Å². The Labute approximate surface area is 189 Å². The first kappa shape index (κ1) is 25.0. The van der Waals surface area contributed by atoms with Crippen molar-refractivity contribution < 1.29 is 28.8 Å². The van der Waals surface area contributed by atoms with E-state index in [0.717, 1.165) is 11.1 Å². The van der Waals surface area contributed by atoms with Crippen LogP contribution in [0.3, 0.4) is 0 Å². The molecule has 0 radical (unpaired) electrons. The van der Waals surface area contributed by atoms with Crippen molar-refractivity contribution in [2.45, 2.75) is 38.4 Å². The van der Waals surface area contributed by atoms with Gasteiger partial charge in [-0.2, -0.15) is 0 Å². The highest BCUT2D eigenvalue weighted by molar-refractivity contribution is 6.18. The van der Waals surface area contributed by atoms with Crippen LogP contribution in [-0.4, -0.2) is 56.1 Å². The van der Waals surface area contributed by atoms with Crippen LogP contribution in [0, 0.1) is 0 Å². The zero-order valence-electron chi connectivity index (χ0n) is 18.5. The number of carbonyl (C=O) groups is 1. The van der Waals surface area contributed by atoms with Gasteiger partial charge in [-0.3, -0.25) is 4.79 Å². The predicted molar refractivity (Wildman–Crippen MR) is 120 cm³/mol. The second-order valence-electron chi connectivity index (χ2n) is 7.79. The number of esters is 1. The van der Waals surface area contributed by atoms with Crippen molar-refractivity contribution >= 4 is 17.6 Å². The third-order valence-corrected chi connectivity index (χ3v) is 5.25. The van der Waals surface area contributed by atoms with Gasteiger partial charge in [0.25, 0.3) is 0 Å². The Bertz CT molecular complexity index is 804. The van der Waals surface area contributed by atoms with E-state index in [9.17, 15) is 9.90 Å². The van der Waals surface area contributed by atoms with E-state index in [1.54, 1.807) is 7.11 Å². The molecule has 2 atom stereocenters. The summed E-state index contributed by atoms with van der Waals surface area (Å²) in [4.78, 5) is 11.2. The van der Waals surface area contributed by atoms with E-state index in [-0.39, 0.29) is 37.1 Å². The maximum Gasteiger partial charge on any atom is 0.303 e. The number of aliphatic hydroxyl groups excluding tert-OH is 1. The van der Waals surface area contributed by atoms with Crippen LogP contribution in [0.1, 0.15) is 31.9 Å². The molecule has 0 saturated heterocycles. The molecular formula is C24H31ClO6. The van der Waals surface area contributed by atoms with E-state index in [1.807, 2.05) is 48.5 Å². The van der Waals surface area contributed by atoms with Gasteiger partial charge in [-0.1, -0.05) is 38.1 Å². The molecule has 0 spiro atoms. The van der Waals surface area contributed by atoms with E-state index in [2.05, 4.69) is 13.8 Å². The van der Waals surface area contributed by atoms with E-state index in [4.69, 9.17) is 30.5 Å². The molecular weight excluding hydrogens is 420 g/mol. The number of rotatable bonds is 12. The molecule has 2 aromatic carbocycles. The summed E-state index contributed by atoms with van der Waals surface area (Å²) in [6.45, 7) is 6.31. The first-order valence-corrected chi connectivity index (χ1v) is 10.7. The van der Waals surface area contributed by atoms with Gasteiger partial charge in [0, 0.05) is 19.4 Å². The van der Waals surface area contributed by atoms with Crippen LogP contribution in [0.5, 0.6) is 11.5 Å². The first-order valence-electron chi connectivity index (χ1n) is 10.1. The van der Waals surface area contributed by atoms with Crippen LogP contribution in [0.4, 0.5) is 0 Å². The molecule has 1 N–H and O–H groups in total. The Morgan fingerprint density at radius 3 is 1.84 bits per heavy atom. The molecule has 7 heteroatoms. The number of halogens is 1. The highest BCUT2D eigenvalue weighted by Crippen LogP contribution is 2.33. The number of alkyl halides is 1. The molecule has 0 aromatic heterocycles. The van der Waals surface area contributed by atoms with Crippen molar-refractivity contribution in [3.05, 3.63) is 59.7 Å². The Morgan fingerprint density at radius 1 is 0.935 bits per heavy atom. The molecule has 0 unspecified atom stereocenters. The molecule has 0 saturated carbocycles. The Morgan fingerprint density at radius 2 is 1.42 bits per heavy atom. The Hall–Kier alpha value is -2.28. The molecule has 0 fully saturated rings. The molecule has 2 aromatic rings. The summed E-state index contributed by atoms with van der Waals surface area (Å²) in [7, 11) is 1.55. The highest BCUT2D eigenvalue weighted by Gasteiger charge is 2.23. The molecule has 31 heavy (non-hydrogen) atoms. The summed E-state index contributed by atoms with van der Waals surface area (Å²) in [5, 5.41) is 9.51. The number of hydrogen-bond acceptors (Lipinski definition) is 6. The normalized spacial score (nSPS) is 13.4. The van der Waals surface area contributed by atoms with Crippen molar-refractivity contribution in [3.63, 3.8) is 0 Å². The molecule has 0 heterocycles. The summed E-state index contributed by atoms with van der Waals surface area (Å²) < 4.78 is 21.5. The SMILES string of the molecule is COC[C@@H](COc1ccc(C(C)(C)c2ccc(OC[C@@H](O)CCl)cc2)cc1)OC(C)=O. The van der Waals surface area contributed by atoms with Crippen molar-refractivity contribution in [1.82, 2.24) is 0 Å². The highest BCUT2D eigenvalue weighted by atomic mass is 35.5. The summed E-state index contributed by atoms with van der Waals surface area (Å²) in [6.07, 6.45) is -1.14. The molecule has 0 aliphatic carbocycles. The fourth-order valence-corrected chi connectivity index (χ4v) is 3.15. The number of benzene rings is 2. The van der Waals surface area contributed by atoms with Gasteiger partial charge >= 0.3 is 5.97 Å². The fraction of sp³-hybridized carbons (Fsp3) is 0.458. The summed E-state index contributed by atoms with van der Waals surface area (Å²) in [6, 6.07) is 15.7. The second kappa shape index (κ2) is 11.9. The lowest BCUT2D eigenvalue weighted by molar-refractivity contribution is -0.150. The molecule has 0 aliphatic heterocycles. The molecule has 0 bridgehead atoms. The van der Waals surface area contributed by atoms with Crippen molar-refractivity contribution in [2.75, 3.05) is 32.8 Å². The van der Waals surface area contributed by atoms with Crippen LogP contribution >= 0.6 is 11.6 Å². The zero-order chi connectivity index (χ0) is 22.9. The van der Waals surface area contributed by atoms with E-state index in [0.29, 0.717) is 11.5 Å². The standard InChI is InChI=1S/C24H31ClO6/c1-17(26)31-23(15-28-4)16-30-22-11-7-19(8-12-22)24(2,3)18-5-9-21(10-6-18)29-14-20(27)13-25/h5-12,20,23,27H,13-16H2,1-4H3/t20-,23-/m0/s1. The predicted octanol–water partition coefficient (Wildman–Crippen LogP) is 3.95. The van der Waals surface area contributed by atoms with E-state index < -0.39 is 12.2 Å². The Balaban J connectivity index is 2.01. The van der Waals surface area contributed by atoms with Crippen LogP contribution in [0.2, 0.25) is 0 Å². The maximum atomic E-state index is 11.2. The number of ether oxygens (including phenoxy) is 4. The topological polar surface area (TPSA) is 74.2 Å². The molecule has 6 nitrogen and oxygen atoms in total. The number of carbonyl (C=O) groups excluding carboxylic acids is 1. The number of aliphatic hydroxyl groups is 1. The average molecular weight is 451 g/mol. The largest absolute Gasteiger partial charge is 0.491 e. The maximum absolute atomic E-state index is 11.2. The van der Waals surface area contributed by atoms with Gasteiger partial charge in [-0.05, 0) is 35.4 Å². The van der Waals surface area contributed by atoms with Gasteiger partial charge in [-0.15, -0.1) is 11.6 Å². The summed E-state index contributed by atoms with van der Waals surface area (Å²) >= 11 is 5.59. The third-order valence-electron chi connectivity index (χ3n) is 4.89. The van der Waals surface area contributed by atoms with Gasteiger partial charge in [-0.25, -0.2) is 0 Å². The monoisotopic (exact) mass is 450 g/mol.